The maximum atomic E-state index is 12.1. The second kappa shape index (κ2) is 7.04. The summed E-state index contributed by atoms with van der Waals surface area (Å²) in [4.78, 5) is 0. The molecule has 1 N–H and O–H groups in total. The zero-order valence-electron chi connectivity index (χ0n) is 12.1. The standard InChI is InChI=1S/C13H26F3NS/c1-6-7-12(5,10-17-11(2,3)4)8-9-18-13(14,15)16/h17H,6-10H2,1-5H3. The third-order valence-electron chi connectivity index (χ3n) is 2.87. The van der Waals surface area contributed by atoms with E-state index in [0.29, 0.717) is 6.42 Å². The summed E-state index contributed by atoms with van der Waals surface area (Å²) in [5, 5.41) is 3.40. The van der Waals surface area contributed by atoms with Crippen LogP contribution in [0.1, 0.15) is 53.9 Å². The van der Waals surface area contributed by atoms with E-state index in [-0.39, 0.29) is 28.5 Å². The van der Waals surface area contributed by atoms with Gasteiger partial charge in [0.25, 0.3) is 0 Å². The first-order valence-electron chi connectivity index (χ1n) is 6.43. The minimum atomic E-state index is -4.11. The zero-order chi connectivity index (χ0) is 14.4. The van der Waals surface area contributed by atoms with Crippen molar-refractivity contribution in [2.75, 3.05) is 12.3 Å². The Hall–Kier alpha value is 0.1000. The lowest BCUT2D eigenvalue weighted by molar-refractivity contribution is -0.0329. The molecule has 0 aromatic carbocycles. The Labute approximate surface area is 113 Å². The lowest BCUT2D eigenvalue weighted by Crippen LogP contribution is -2.43. The molecule has 0 amide bonds. The van der Waals surface area contributed by atoms with Crippen molar-refractivity contribution in [1.29, 1.82) is 0 Å². The number of alkyl halides is 3. The quantitative estimate of drug-likeness (QED) is 0.719. The van der Waals surface area contributed by atoms with Gasteiger partial charge in [0.05, 0.1) is 0 Å². The lowest BCUT2D eigenvalue weighted by atomic mass is 9.82. The average Bonchev–Trinajstić information content (AvgIpc) is 2.12. The van der Waals surface area contributed by atoms with Gasteiger partial charge in [0.1, 0.15) is 0 Å². The van der Waals surface area contributed by atoms with Crippen molar-refractivity contribution in [3.05, 3.63) is 0 Å². The van der Waals surface area contributed by atoms with Crippen LogP contribution in [0, 0.1) is 5.41 Å². The maximum Gasteiger partial charge on any atom is 0.441 e. The van der Waals surface area contributed by atoms with Gasteiger partial charge in [-0.15, -0.1) is 0 Å². The fourth-order valence-corrected chi connectivity index (χ4v) is 2.62. The number of hydrogen-bond donors (Lipinski definition) is 1. The monoisotopic (exact) mass is 285 g/mol. The molecule has 0 spiro atoms. The zero-order valence-corrected chi connectivity index (χ0v) is 12.9. The molecule has 0 rings (SSSR count). The lowest BCUT2D eigenvalue weighted by Gasteiger charge is -2.33. The Morgan fingerprint density at radius 3 is 1.94 bits per heavy atom. The second-order valence-corrected chi connectivity index (χ2v) is 7.37. The van der Waals surface area contributed by atoms with Gasteiger partial charge in [-0.05, 0) is 39.0 Å². The van der Waals surface area contributed by atoms with Gasteiger partial charge in [-0.3, -0.25) is 0 Å². The first-order valence-corrected chi connectivity index (χ1v) is 7.42. The highest BCUT2D eigenvalue weighted by atomic mass is 32.2. The van der Waals surface area contributed by atoms with Gasteiger partial charge in [-0.1, -0.05) is 32.0 Å². The summed E-state index contributed by atoms with van der Waals surface area (Å²) in [5.74, 6) is 0.145. The van der Waals surface area contributed by atoms with Gasteiger partial charge in [-0.25, -0.2) is 0 Å². The second-order valence-electron chi connectivity index (χ2n) is 6.21. The fraction of sp³-hybridized carbons (Fsp3) is 1.00. The van der Waals surface area contributed by atoms with Crippen LogP contribution in [0.2, 0.25) is 0 Å². The molecule has 0 aliphatic rings. The molecule has 0 aromatic rings. The van der Waals surface area contributed by atoms with Gasteiger partial charge in [0, 0.05) is 17.8 Å². The van der Waals surface area contributed by atoms with E-state index < -0.39 is 5.51 Å². The van der Waals surface area contributed by atoms with E-state index in [4.69, 9.17) is 0 Å². The summed E-state index contributed by atoms with van der Waals surface area (Å²) in [6.07, 6.45) is 2.54. The van der Waals surface area contributed by atoms with Crippen molar-refractivity contribution in [2.45, 2.75) is 64.9 Å². The largest absolute Gasteiger partial charge is 0.441 e. The van der Waals surface area contributed by atoms with Gasteiger partial charge in [0.2, 0.25) is 0 Å². The summed E-state index contributed by atoms with van der Waals surface area (Å²) in [7, 11) is 0. The van der Waals surface area contributed by atoms with Crippen LogP contribution in [0.3, 0.4) is 0 Å². The van der Waals surface area contributed by atoms with Crippen molar-refractivity contribution >= 4 is 11.8 Å². The van der Waals surface area contributed by atoms with Crippen LogP contribution in [0.25, 0.3) is 0 Å². The van der Waals surface area contributed by atoms with E-state index in [2.05, 4.69) is 39.9 Å². The molecule has 18 heavy (non-hydrogen) atoms. The molecule has 0 aliphatic heterocycles. The van der Waals surface area contributed by atoms with Crippen molar-refractivity contribution in [3.8, 4) is 0 Å². The van der Waals surface area contributed by atoms with Crippen molar-refractivity contribution in [1.82, 2.24) is 5.32 Å². The molecule has 1 nitrogen and oxygen atoms in total. The Morgan fingerprint density at radius 1 is 1.00 bits per heavy atom. The predicted molar refractivity (Wildman–Crippen MR) is 73.9 cm³/mol. The van der Waals surface area contributed by atoms with Crippen LogP contribution in [0.5, 0.6) is 0 Å². The SMILES string of the molecule is CCCC(C)(CCSC(F)(F)F)CNC(C)(C)C. The average molecular weight is 285 g/mol. The van der Waals surface area contributed by atoms with Crippen LogP contribution in [-0.4, -0.2) is 23.3 Å². The highest BCUT2D eigenvalue weighted by Gasteiger charge is 2.31. The number of hydrogen-bond acceptors (Lipinski definition) is 2. The fourth-order valence-electron chi connectivity index (χ4n) is 1.80. The van der Waals surface area contributed by atoms with Gasteiger partial charge in [-0.2, -0.15) is 13.2 Å². The smallest absolute Gasteiger partial charge is 0.312 e. The number of thioether (sulfide) groups is 1. The molecule has 1 atom stereocenters. The van der Waals surface area contributed by atoms with Gasteiger partial charge < -0.3 is 5.32 Å². The van der Waals surface area contributed by atoms with E-state index >= 15 is 0 Å². The van der Waals surface area contributed by atoms with Crippen molar-refractivity contribution in [3.63, 3.8) is 0 Å². The van der Waals surface area contributed by atoms with Crippen LogP contribution < -0.4 is 5.32 Å². The highest BCUT2D eigenvalue weighted by molar-refractivity contribution is 8.00. The first-order chi connectivity index (χ1) is 7.97. The van der Waals surface area contributed by atoms with Crippen LogP contribution >= 0.6 is 11.8 Å². The molecular weight excluding hydrogens is 259 g/mol. The molecule has 0 radical (unpaired) electrons. The normalized spacial score (nSPS) is 16.7. The molecule has 5 heteroatoms. The molecule has 0 saturated heterocycles. The topological polar surface area (TPSA) is 12.0 Å². The summed E-state index contributed by atoms with van der Waals surface area (Å²) >= 11 is 0.0919. The molecule has 0 aliphatic carbocycles. The maximum absolute atomic E-state index is 12.1. The van der Waals surface area contributed by atoms with Crippen LogP contribution in [0.15, 0.2) is 0 Å². The van der Waals surface area contributed by atoms with E-state index in [0.717, 1.165) is 19.4 Å². The predicted octanol–water partition coefficient (Wildman–Crippen LogP) is 4.82. The summed E-state index contributed by atoms with van der Waals surface area (Å²) in [6.45, 7) is 11.1. The third-order valence-corrected chi connectivity index (χ3v) is 3.61. The minimum Gasteiger partial charge on any atom is -0.312 e. The Kier molecular flexibility index (Phi) is 7.07. The Morgan fingerprint density at radius 2 is 1.56 bits per heavy atom. The number of halogens is 3. The molecule has 0 aromatic heterocycles. The minimum absolute atomic E-state index is 0.00612. The first kappa shape index (κ1) is 18.1. The van der Waals surface area contributed by atoms with Crippen LogP contribution in [-0.2, 0) is 0 Å². The number of nitrogens with one attached hydrogen (secondary N) is 1. The van der Waals surface area contributed by atoms with Crippen molar-refractivity contribution in [2.24, 2.45) is 5.41 Å². The van der Waals surface area contributed by atoms with Crippen LogP contribution in [0.4, 0.5) is 13.2 Å². The summed E-state index contributed by atoms with van der Waals surface area (Å²) < 4.78 is 36.4. The summed E-state index contributed by atoms with van der Waals surface area (Å²) in [6, 6.07) is 0. The van der Waals surface area contributed by atoms with E-state index in [1.165, 1.54) is 0 Å². The third kappa shape index (κ3) is 10.1. The van der Waals surface area contributed by atoms with Crippen molar-refractivity contribution < 1.29 is 13.2 Å². The van der Waals surface area contributed by atoms with E-state index in [9.17, 15) is 13.2 Å². The number of rotatable bonds is 7. The van der Waals surface area contributed by atoms with Gasteiger partial charge >= 0.3 is 5.51 Å². The van der Waals surface area contributed by atoms with E-state index in [1.54, 1.807) is 0 Å². The Balaban J connectivity index is 4.25. The highest BCUT2D eigenvalue weighted by Crippen LogP contribution is 2.35. The summed E-state index contributed by atoms with van der Waals surface area (Å²) in [5.41, 5.74) is -4.16. The molecule has 110 valence electrons. The molecular formula is C13H26F3NS. The molecule has 1 unspecified atom stereocenters. The Bertz CT molecular complexity index is 235. The molecule has 0 heterocycles. The molecule has 0 saturated carbocycles. The van der Waals surface area contributed by atoms with E-state index in [1.807, 2.05) is 0 Å². The molecule has 0 fully saturated rings. The van der Waals surface area contributed by atoms with Gasteiger partial charge in [0.15, 0.2) is 0 Å². The molecule has 0 bridgehead atoms.